The van der Waals surface area contributed by atoms with Crippen molar-refractivity contribution < 1.29 is 23.8 Å². The van der Waals surface area contributed by atoms with Crippen molar-refractivity contribution in [2.45, 2.75) is 32.3 Å². The predicted molar refractivity (Wildman–Crippen MR) is 142 cm³/mol. The molecule has 0 spiro atoms. The average molecular weight is 544 g/mol. The minimum atomic E-state index is -0.760. The van der Waals surface area contributed by atoms with Gasteiger partial charge in [0.05, 0.1) is 23.8 Å². The number of aliphatic hydroxyl groups is 1. The molecule has 1 aromatic heterocycles. The van der Waals surface area contributed by atoms with Crippen LogP contribution in [0.15, 0.2) is 55.0 Å². The van der Waals surface area contributed by atoms with E-state index >= 15 is 0 Å². The topological polar surface area (TPSA) is 120 Å². The zero-order valence-electron chi connectivity index (χ0n) is 21.0. The predicted octanol–water partition coefficient (Wildman–Crippen LogP) is 4.31. The van der Waals surface area contributed by atoms with Crippen molar-refractivity contribution in [1.82, 2.24) is 20.2 Å². The fourth-order valence-corrected chi connectivity index (χ4v) is 4.61. The molecule has 3 aromatic rings. The molecular formula is C27H31ClFN5O4. The highest BCUT2D eigenvalue weighted by Gasteiger charge is 2.38. The van der Waals surface area contributed by atoms with Gasteiger partial charge in [0.1, 0.15) is 11.6 Å². The quantitative estimate of drug-likeness (QED) is 0.321. The van der Waals surface area contributed by atoms with Crippen LogP contribution in [0.1, 0.15) is 37.1 Å². The number of ether oxygens (including phenoxy) is 1. The van der Waals surface area contributed by atoms with Gasteiger partial charge in [0.25, 0.3) is 5.91 Å². The van der Waals surface area contributed by atoms with Crippen molar-refractivity contribution in [3.05, 3.63) is 77.1 Å². The number of H-pyrrole nitrogens is 1. The van der Waals surface area contributed by atoms with Gasteiger partial charge in [-0.05, 0) is 48.7 Å². The molecule has 1 aliphatic rings. The van der Waals surface area contributed by atoms with Crippen molar-refractivity contribution in [2.75, 3.05) is 31.6 Å². The highest BCUT2D eigenvalue weighted by atomic mass is 35.5. The highest BCUT2D eigenvalue weighted by Crippen LogP contribution is 2.42. The van der Waals surface area contributed by atoms with E-state index in [-0.39, 0.29) is 18.3 Å². The van der Waals surface area contributed by atoms with Crippen LogP contribution in [-0.4, -0.2) is 58.2 Å². The minimum absolute atomic E-state index is 0.201. The molecule has 11 heteroatoms. The number of anilines is 1. The average Bonchev–Trinajstić information content (AvgIpc) is 3.42. The monoisotopic (exact) mass is 543 g/mol. The summed E-state index contributed by atoms with van der Waals surface area (Å²) in [5.74, 6) is -0.233. The molecule has 1 unspecified atom stereocenters. The molecule has 1 saturated heterocycles. The lowest BCUT2D eigenvalue weighted by molar-refractivity contribution is -0.137. The number of halogens is 2. The first kappa shape index (κ1) is 27.4. The Hall–Kier alpha value is -3.63. The maximum absolute atomic E-state index is 13.3. The highest BCUT2D eigenvalue weighted by molar-refractivity contribution is 6.31. The number of likely N-dealkylation sites (tertiary alicyclic amines) is 1. The van der Waals surface area contributed by atoms with Crippen molar-refractivity contribution in [3.63, 3.8) is 0 Å². The second kappa shape index (κ2) is 12.3. The number of carbonyl (C=O) groups excluding carboxylic acids is 2. The van der Waals surface area contributed by atoms with Gasteiger partial charge in [-0.15, -0.1) is 0 Å². The van der Waals surface area contributed by atoms with E-state index in [0.717, 1.165) is 5.69 Å². The third kappa shape index (κ3) is 7.02. The molecule has 0 radical (unpaired) electrons. The molecule has 1 aliphatic heterocycles. The second-order valence-corrected chi connectivity index (χ2v) is 10.0. The Labute approximate surface area is 225 Å². The fraction of sp³-hybridized carbons (Fsp3) is 0.370. The summed E-state index contributed by atoms with van der Waals surface area (Å²) in [6.45, 7) is 3.07. The van der Waals surface area contributed by atoms with E-state index in [1.165, 1.54) is 12.1 Å². The van der Waals surface area contributed by atoms with E-state index in [2.05, 4.69) is 20.6 Å². The van der Waals surface area contributed by atoms with Crippen molar-refractivity contribution in [2.24, 2.45) is 5.41 Å². The number of hydrogen-bond acceptors (Lipinski definition) is 5. The summed E-state index contributed by atoms with van der Waals surface area (Å²) in [7, 11) is 0. The van der Waals surface area contributed by atoms with Crippen LogP contribution in [0.25, 0.3) is 0 Å². The first-order valence-electron chi connectivity index (χ1n) is 12.4. The number of piperidine rings is 1. The third-order valence-electron chi connectivity index (χ3n) is 6.87. The van der Waals surface area contributed by atoms with Gasteiger partial charge >= 0.3 is 6.03 Å². The Morgan fingerprint density at radius 2 is 1.97 bits per heavy atom. The lowest BCUT2D eigenvalue weighted by Gasteiger charge is -2.42. The van der Waals surface area contributed by atoms with E-state index in [4.69, 9.17) is 16.3 Å². The first-order chi connectivity index (χ1) is 18.2. The number of carbonyl (C=O) groups is 2. The molecule has 4 N–H and O–H groups in total. The molecule has 4 rings (SSSR count). The van der Waals surface area contributed by atoms with Gasteiger partial charge in [-0.2, -0.15) is 0 Å². The third-order valence-corrected chi connectivity index (χ3v) is 7.10. The largest absolute Gasteiger partial charge is 0.482 e. The Morgan fingerprint density at radius 1 is 1.24 bits per heavy atom. The summed E-state index contributed by atoms with van der Waals surface area (Å²) in [6.07, 6.45) is 4.32. The van der Waals surface area contributed by atoms with Crippen LogP contribution in [0, 0.1) is 11.2 Å². The van der Waals surface area contributed by atoms with E-state index in [1.807, 2.05) is 6.92 Å². The smallest absolute Gasteiger partial charge is 0.319 e. The van der Waals surface area contributed by atoms with Crippen LogP contribution >= 0.6 is 11.6 Å². The van der Waals surface area contributed by atoms with Crippen LogP contribution < -0.4 is 15.4 Å². The van der Waals surface area contributed by atoms with Crippen molar-refractivity contribution in [1.29, 1.82) is 0 Å². The molecule has 2 heterocycles. The minimum Gasteiger partial charge on any atom is -0.482 e. The Kier molecular flexibility index (Phi) is 8.85. The standard InChI is InChI=1S/C27H31ClFN5O4/c1-27(25(36)18-2-5-20(29)6-3-18)9-12-34(13-10-27)24(35)16-38-23-7-4-19(28)14-22(23)33-26(37)31-11-8-21-15-30-17-32-21/h2-7,14-15,17,25,36H,8-13,16H2,1H3,(H,30,32)(H2,31,33,37). The number of benzene rings is 2. The summed E-state index contributed by atoms with van der Waals surface area (Å²) < 4.78 is 19.0. The van der Waals surface area contributed by atoms with Gasteiger partial charge in [0, 0.05) is 42.7 Å². The number of aliphatic hydroxyl groups excluding tert-OH is 1. The van der Waals surface area contributed by atoms with Gasteiger partial charge in [0.2, 0.25) is 0 Å². The molecule has 1 atom stereocenters. The number of amides is 3. The zero-order chi connectivity index (χ0) is 27.1. The van der Waals surface area contributed by atoms with Crippen LogP contribution in [0.2, 0.25) is 5.02 Å². The molecule has 38 heavy (non-hydrogen) atoms. The van der Waals surface area contributed by atoms with Gasteiger partial charge < -0.3 is 30.4 Å². The number of urea groups is 1. The number of aromatic nitrogens is 2. The number of imidazole rings is 1. The van der Waals surface area contributed by atoms with Gasteiger partial charge in [-0.25, -0.2) is 14.2 Å². The molecule has 9 nitrogen and oxygen atoms in total. The molecular weight excluding hydrogens is 513 g/mol. The normalized spacial score (nSPS) is 15.5. The number of aromatic amines is 1. The Balaban J connectivity index is 1.28. The molecule has 0 aliphatic carbocycles. The zero-order valence-corrected chi connectivity index (χ0v) is 21.8. The van der Waals surface area contributed by atoms with E-state index in [1.54, 1.807) is 47.8 Å². The molecule has 3 amide bonds. The second-order valence-electron chi connectivity index (χ2n) is 9.61. The van der Waals surface area contributed by atoms with Crippen molar-refractivity contribution in [3.8, 4) is 5.75 Å². The van der Waals surface area contributed by atoms with Gasteiger partial charge in [-0.3, -0.25) is 4.79 Å². The van der Waals surface area contributed by atoms with E-state index in [0.29, 0.717) is 60.9 Å². The SMILES string of the molecule is CC1(C(O)c2ccc(F)cc2)CCN(C(=O)COc2ccc(Cl)cc2NC(=O)NCCc2c[nH]cn2)CC1. The first-order valence-corrected chi connectivity index (χ1v) is 12.8. The van der Waals surface area contributed by atoms with Crippen LogP contribution in [0.4, 0.5) is 14.9 Å². The van der Waals surface area contributed by atoms with Gasteiger partial charge in [-0.1, -0.05) is 30.7 Å². The number of nitrogens with one attached hydrogen (secondary N) is 3. The summed E-state index contributed by atoms with van der Waals surface area (Å²) in [5.41, 5.74) is 1.40. The summed E-state index contributed by atoms with van der Waals surface area (Å²) in [6, 6.07) is 10.2. The molecule has 0 saturated carbocycles. The lowest BCUT2D eigenvalue weighted by atomic mass is 9.73. The number of hydrogen-bond donors (Lipinski definition) is 4. The van der Waals surface area contributed by atoms with E-state index in [9.17, 15) is 19.1 Å². The van der Waals surface area contributed by atoms with Crippen LogP contribution in [0.5, 0.6) is 5.75 Å². The van der Waals surface area contributed by atoms with Crippen LogP contribution in [0.3, 0.4) is 0 Å². The maximum Gasteiger partial charge on any atom is 0.319 e. The fourth-order valence-electron chi connectivity index (χ4n) is 4.44. The summed E-state index contributed by atoms with van der Waals surface area (Å²) >= 11 is 6.11. The van der Waals surface area contributed by atoms with Crippen molar-refractivity contribution >= 4 is 29.2 Å². The summed E-state index contributed by atoms with van der Waals surface area (Å²) in [5, 5.41) is 16.8. The Bertz CT molecular complexity index is 1230. The molecule has 2 aromatic carbocycles. The lowest BCUT2D eigenvalue weighted by Crippen LogP contribution is -2.45. The molecule has 1 fully saturated rings. The Morgan fingerprint density at radius 3 is 2.66 bits per heavy atom. The molecule has 0 bridgehead atoms. The maximum atomic E-state index is 13.3. The number of nitrogens with zero attached hydrogens (tertiary/aromatic N) is 2. The molecule has 202 valence electrons. The van der Waals surface area contributed by atoms with Gasteiger partial charge in [0.15, 0.2) is 6.61 Å². The summed E-state index contributed by atoms with van der Waals surface area (Å²) in [4.78, 5) is 33.9. The van der Waals surface area contributed by atoms with Crippen LogP contribution in [-0.2, 0) is 11.2 Å². The van der Waals surface area contributed by atoms with E-state index < -0.39 is 17.6 Å². The number of rotatable bonds is 9.